The first-order chi connectivity index (χ1) is 18.6. The molecule has 200 valence electrons. The Morgan fingerprint density at radius 3 is 2.29 bits per heavy atom. The number of nitrogens with zero attached hydrogens (tertiary/aromatic N) is 3. The van der Waals surface area contributed by atoms with Crippen LogP contribution in [0.2, 0.25) is 0 Å². The summed E-state index contributed by atoms with van der Waals surface area (Å²) in [5, 5.41) is 0. The molecule has 1 aliphatic heterocycles. The highest BCUT2D eigenvalue weighted by Gasteiger charge is 2.20. The summed E-state index contributed by atoms with van der Waals surface area (Å²) in [6, 6.07) is 18.3. The van der Waals surface area contributed by atoms with Crippen molar-refractivity contribution in [2.24, 2.45) is 0 Å². The zero-order chi connectivity index (χ0) is 26.5. The van der Waals surface area contributed by atoms with E-state index < -0.39 is 0 Å². The van der Waals surface area contributed by atoms with Crippen LogP contribution < -0.4 is 18.9 Å². The predicted molar refractivity (Wildman–Crippen MR) is 154 cm³/mol. The minimum Gasteiger partial charge on any atom is -0.493 e. The highest BCUT2D eigenvalue weighted by molar-refractivity contribution is 9.10. The van der Waals surface area contributed by atoms with E-state index in [4.69, 9.17) is 23.9 Å². The van der Waals surface area contributed by atoms with Gasteiger partial charge in [-0.25, -0.2) is 4.98 Å². The molecule has 4 aromatic rings. The third-order valence-electron chi connectivity index (χ3n) is 7.05. The molecule has 0 aliphatic carbocycles. The number of methoxy groups -OCH3 is 3. The third-order valence-corrected chi connectivity index (χ3v) is 7.83. The number of hydrogen-bond acceptors (Lipinski definition) is 6. The molecule has 0 radical (unpaired) electrons. The van der Waals surface area contributed by atoms with Gasteiger partial charge < -0.3 is 23.5 Å². The van der Waals surface area contributed by atoms with Gasteiger partial charge in [-0.1, -0.05) is 40.5 Å². The first-order valence-electron chi connectivity index (χ1n) is 13.0. The van der Waals surface area contributed by atoms with Gasteiger partial charge in [0.15, 0.2) is 11.5 Å². The number of rotatable bonds is 10. The lowest BCUT2D eigenvalue weighted by atomic mass is 10.1. The molecule has 1 aliphatic rings. The van der Waals surface area contributed by atoms with E-state index in [2.05, 4.69) is 43.6 Å². The molecule has 0 atom stereocenters. The van der Waals surface area contributed by atoms with Crippen molar-refractivity contribution in [2.45, 2.75) is 25.8 Å². The van der Waals surface area contributed by atoms with Crippen molar-refractivity contribution in [1.29, 1.82) is 0 Å². The van der Waals surface area contributed by atoms with Gasteiger partial charge in [0.25, 0.3) is 0 Å². The maximum atomic E-state index is 6.22. The number of piperidine rings is 1. The van der Waals surface area contributed by atoms with Gasteiger partial charge in [-0.15, -0.1) is 0 Å². The monoisotopic (exact) mass is 579 g/mol. The van der Waals surface area contributed by atoms with Crippen LogP contribution in [0.1, 0.15) is 24.8 Å². The number of hydrogen-bond donors (Lipinski definition) is 0. The molecule has 0 spiro atoms. The standard InChI is InChI=1S/C30H34BrN3O4/c1-35-27-17-22(18-28(36-2)29(27)37-3)30-32-25-12-11-23(38-16-15-33-13-7-4-8-14-33)19-26(25)34(30)20-21-9-5-6-10-24(21)31/h5-6,9-12,17-19H,4,7-8,13-16,20H2,1-3H3. The second-order valence-electron chi connectivity index (χ2n) is 9.43. The van der Waals surface area contributed by atoms with Crippen molar-refractivity contribution < 1.29 is 18.9 Å². The average Bonchev–Trinajstić information content (AvgIpc) is 3.31. The Morgan fingerprint density at radius 2 is 1.61 bits per heavy atom. The summed E-state index contributed by atoms with van der Waals surface area (Å²) in [5.41, 5.74) is 3.91. The van der Waals surface area contributed by atoms with Gasteiger partial charge in [0.1, 0.15) is 18.2 Å². The molecule has 2 heterocycles. The molecule has 0 saturated carbocycles. The Hall–Kier alpha value is -3.23. The molecular weight excluding hydrogens is 546 g/mol. The number of likely N-dealkylation sites (tertiary alicyclic amines) is 1. The molecule has 0 bridgehead atoms. The fourth-order valence-electron chi connectivity index (χ4n) is 5.06. The van der Waals surface area contributed by atoms with Crippen LogP contribution in [-0.4, -0.2) is 62.0 Å². The zero-order valence-electron chi connectivity index (χ0n) is 22.2. The minimum atomic E-state index is 0.552. The summed E-state index contributed by atoms with van der Waals surface area (Å²) < 4.78 is 26.3. The molecule has 1 saturated heterocycles. The highest BCUT2D eigenvalue weighted by Crippen LogP contribution is 2.42. The molecule has 1 fully saturated rings. The lowest BCUT2D eigenvalue weighted by Crippen LogP contribution is -2.33. The van der Waals surface area contributed by atoms with E-state index in [0.717, 1.165) is 44.8 Å². The zero-order valence-corrected chi connectivity index (χ0v) is 23.8. The largest absolute Gasteiger partial charge is 0.493 e. The van der Waals surface area contributed by atoms with E-state index in [1.165, 1.54) is 32.4 Å². The van der Waals surface area contributed by atoms with Crippen LogP contribution in [0.4, 0.5) is 0 Å². The predicted octanol–water partition coefficient (Wildman–Crippen LogP) is 6.40. The van der Waals surface area contributed by atoms with Gasteiger partial charge in [0.2, 0.25) is 5.75 Å². The van der Waals surface area contributed by atoms with Crippen LogP contribution in [0.25, 0.3) is 22.4 Å². The van der Waals surface area contributed by atoms with Crippen molar-refractivity contribution in [3.8, 4) is 34.4 Å². The topological polar surface area (TPSA) is 58.0 Å². The van der Waals surface area contributed by atoms with Crippen molar-refractivity contribution in [1.82, 2.24) is 14.5 Å². The molecular formula is C30H34BrN3O4. The average molecular weight is 581 g/mol. The van der Waals surface area contributed by atoms with E-state index >= 15 is 0 Å². The van der Waals surface area contributed by atoms with Crippen LogP contribution in [0.15, 0.2) is 59.1 Å². The van der Waals surface area contributed by atoms with Gasteiger partial charge in [-0.2, -0.15) is 0 Å². The maximum Gasteiger partial charge on any atom is 0.203 e. The molecule has 3 aromatic carbocycles. The van der Waals surface area contributed by atoms with Crippen LogP contribution in [-0.2, 0) is 6.54 Å². The van der Waals surface area contributed by atoms with Gasteiger partial charge >= 0.3 is 0 Å². The number of halogens is 1. The molecule has 0 unspecified atom stereocenters. The molecule has 8 heteroatoms. The molecule has 1 aromatic heterocycles. The van der Waals surface area contributed by atoms with Crippen LogP contribution in [0.5, 0.6) is 23.0 Å². The van der Waals surface area contributed by atoms with E-state index in [9.17, 15) is 0 Å². The SMILES string of the molecule is COc1cc(-c2nc3ccc(OCCN4CCCCC4)cc3n2Cc2ccccc2Br)cc(OC)c1OC. The van der Waals surface area contributed by atoms with Crippen molar-refractivity contribution in [2.75, 3.05) is 47.6 Å². The van der Waals surface area contributed by atoms with E-state index in [-0.39, 0.29) is 0 Å². The fraction of sp³-hybridized carbons (Fsp3) is 0.367. The molecule has 0 amide bonds. The summed E-state index contributed by atoms with van der Waals surface area (Å²) in [6.45, 7) is 4.58. The van der Waals surface area contributed by atoms with E-state index in [1.54, 1.807) is 21.3 Å². The second-order valence-corrected chi connectivity index (χ2v) is 10.3. The van der Waals surface area contributed by atoms with Crippen molar-refractivity contribution >= 4 is 27.0 Å². The number of aromatic nitrogens is 2. The smallest absolute Gasteiger partial charge is 0.203 e. The van der Waals surface area contributed by atoms with E-state index in [1.807, 2.05) is 36.4 Å². The summed E-state index contributed by atoms with van der Waals surface area (Å²) in [6.07, 6.45) is 3.90. The Bertz CT molecular complexity index is 1370. The second kappa shape index (κ2) is 12.1. The lowest BCUT2D eigenvalue weighted by Gasteiger charge is -2.26. The fourth-order valence-corrected chi connectivity index (χ4v) is 5.47. The molecule has 5 rings (SSSR count). The first-order valence-corrected chi connectivity index (χ1v) is 13.8. The van der Waals surface area contributed by atoms with Crippen molar-refractivity contribution in [3.05, 3.63) is 64.6 Å². The lowest BCUT2D eigenvalue weighted by molar-refractivity contribution is 0.183. The van der Waals surface area contributed by atoms with Crippen molar-refractivity contribution in [3.63, 3.8) is 0 Å². The summed E-state index contributed by atoms with van der Waals surface area (Å²) >= 11 is 3.72. The summed E-state index contributed by atoms with van der Waals surface area (Å²) in [7, 11) is 4.85. The van der Waals surface area contributed by atoms with Gasteiger partial charge in [0, 0.05) is 22.6 Å². The Balaban J connectivity index is 1.54. The molecule has 7 nitrogen and oxygen atoms in total. The van der Waals surface area contributed by atoms with Gasteiger partial charge in [-0.3, -0.25) is 4.90 Å². The molecule has 38 heavy (non-hydrogen) atoms. The summed E-state index contributed by atoms with van der Waals surface area (Å²) in [4.78, 5) is 7.53. The number of ether oxygens (including phenoxy) is 4. The summed E-state index contributed by atoms with van der Waals surface area (Å²) in [5.74, 6) is 3.38. The van der Waals surface area contributed by atoms with Crippen LogP contribution in [0, 0.1) is 0 Å². The Morgan fingerprint density at radius 1 is 0.868 bits per heavy atom. The van der Waals surface area contributed by atoms with Gasteiger partial charge in [-0.05, 0) is 61.8 Å². The van der Waals surface area contributed by atoms with Gasteiger partial charge in [0.05, 0.1) is 38.9 Å². The Labute approximate surface area is 232 Å². The number of fused-ring (bicyclic) bond motifs is 1. The highest BCUT2D eigenvalue weighted by atomic mass is 79.9. The maximum absolute atomic E-state index is 6.22. The normalized spacial score (nSPS) is 14.0. The van der Waals surface area contributed by atoms with Crippen LogP contribution in [0.3, 0.4) is 0 Å². The Kier molecular flexibility index (Phi) is 8.39. The quantitative estimate of drug-likeness (QED) is 0.216. The first kappa shape index (κ1) is 26.4. The number of imidazole rings is 1. The minimum absolute atomic E-state index is 0.552. The van der Waals surface area contributed by atoms with E-state index in [0.29, 0.717) is 30.4 Å². The third kappa shape index (κ3) is 5.61. The van der Waals surface area contributed by atoms with Crippen LogP contribution >= 0.6 is 15.9 Å². The number of benzene rings is 3. The molecule has 0 N–H and O–H groups in total.